The quantitative estimate of drug-likeness (QED) is 0.801. The van der Waals surface area contributed by atoms with Crippen molar-refractivity contribution in [2.45, 2.75) is 58.4 Å². The summed E-state index contributed by atoms with van der Waals surface area (Å²) in [6, 6.07) is 0. The number of hydrogen-bond acceptors (Lipinski definition) is 2. The molecule has 0 bridgehead atoms. The van der Waals surface area contributed by atoms with Gasteiger partial charge < -0.3 is 5.73 Å². The summed E-state index contributed by atoms with van der Waals surface area (Å²) in [4.78, 5) is 2.75. The van der Waals surface area contributed by atoms with E-state index in [0.29, 0.717) is 5.54 Å². The Morgan fingerprint density at radius 2 is 1.94 bits per heavy atom. The van der Waals surface area contributed by atoms with Gasteiger partial charge in [0.15, 0.2) is 0 Å². The molecule has 0 spiro atoms. The highest BCUT2D eigenvalue weighted by molar-refractivity contribution is 5.00. The number of hydrogen-bond donors (Lipinski definition) is 1. The highest BCUT2D eigenvalue weighted by atomic mass is 15.2. The van der Waals surface area contributed by atoms with Gasteiger partial charge in [0.25, 0.3) is 0 Å². The number of rotatable bonds is 2. The molecule has 2 N–H and O–H groups in total. The molecule has 2 nitrogen and oxygen atoms in total. The van der Waals surface area contributed by atoms with E-state index in [1.54, 1.807) is 0 Å². The van der Waals surface area contributed by atoms with Crippen LogP contribution in [0.2, 0.25) is 0 Å². The summed E-state index contributed by atoms with van der Waals surface area (Å²) in [5.74, 6) is 2.52. The Balaban J connectivity index is 2.12. The van der Waals surface area contributed by atoms with Crippen molar-refractivity contribution in [1.29, 1.82) is 0 Å². The fourth-order valence-corrected chi connectivity index (χ4v) is 4.18. The first-order valence-electron chi connectivity index (χ1n) is 7.53. The van der Waals surface area contributed by atoms with Crippen LogP contribution in [0.25, 0.3) is 0 Å². The normalized spacial score (nSPS) is 44.8. The van der Waals surface area contributed by atoms with Crippen LogP contribution in [0.4, 0.5) is 0 Å². The van der Waals surface area contributed by atoms with E-state index in [0.717, 1.165) is 24.3 Å². The van der Waals surface area contributed by atoms with Crippen molar-refractivity contribution in [1.82, 2.24) is 4.90 Å². The van der Waals surface area contributed by atoms with Gasteiger partial charge >= 0.3 is 0 Å². The van der Waals surface area contributed by atoms with E-state index in [1.165, 1.54) is 45.2 Å². The SMILES string of the molecule is CC1CCC(CN)(N2CCCC(C)C2)C(C)C1. The van der Waals surface area contributed by atoms with Crippen LogP contribution in [-0.2, 0) is 0 Å². The minimum absolute atomic E-state index is 0.321. The second-order valence-corrected chi connectivity index (χ2v) is 6.78. The fourth-order valence-electron chi connectivity index (χ4n) is 4.18. The van der Waals surface area contributed by atoms with E-state index in [2.05, 4.69) is 25.7 Å². The molecule has 4 atom stereocenters. The lowest BCUT2D eigenvalue weighted by Crippen LogP contribution is -2.62. The molecule has 0 aromatic heterocycles. The predicted molar refractivity (Wildman–Crippen MR) is 73.9 cm³/mol. The Morgan fingerprint density at radius 1 is 1.18 bits per heavy atom. The highest BCUT2D eigenvalue weighted by Crippen LogP contribution is 2.41. The molecular weight excluding hydrogens is 208 g/mol. The van der Waals surface area contributed by atoms with Gasteiger partial charge in [-0.2, -0.15) is 0 Å². The molecule has 0 aromatic carbocycles. The number of piperidine rings is 1. The Bertz CT molecular complexity index is 253. The van der Waals surface area contributed by atoms with Crippen LogP contribution in [0.5, 0.6) is 0 Å². The van der Waals surface area contributed by atoms with Crippen LogP contribution < -0.4 is 5.73 Å². The summed E-state index contributed by atoms with van der Waals surface area (Å²) < 4.78 is 0. The maximum atomic E-state index is 6.21. The first-order chi connectivity index (χ1) is 8.08. The predicted octanol–water partition coefficient (Wildman–Crippen LogP) is 2.87. The summed E-state index contributed by atoms with van der Waals surface area (Å²) >= 11 is 0. The third-order valence-corrected chi connectivity index (χ3v) is 5.38. The van der Waals surface area contributed by atoms with E-state index in [-0.39, 0.29) is 0 Å². The van der Waals surface area contributed by atoms with Crippen molar-refractivity contribution in [2.24, 2.45) is 23.5 Å². The molecule has 0 amide bonds. The topological polar surface area (TPSA) is 29.3 Å². The van der Waals surface area contributed by atoms with Crippen LogP contribution in [-0.4, -0.2) is 30.1 Å². The van der Waals surface area contributed by atoms with Crippen LogP contribution >= 0.6 is 0 Å². The molecule has 1 heterocycles. The zero-order valence-corrected chi connectivity index (χ0v) is 11.9. The maximum absolute atomic E-state index is 6.21. The molecule has 1 aliphatic heterocycles. The zero-order chi connectivity index (χ0) is 12.5. The van der Waals surface area contributed by atoms with Crippen LogP contribution in [0.1, 0.15) is 52.9 Å². The van der Waals surface area contributed by atoms with E-state index in [4.69, 9.17) is 5.73 Å². The van der Waals surface area contributed by atoms with Crippen molar-refractivity contribution in [3.63, 3.8) is 0 Å². The second kappa shape index (κ2) is 5.27. The third kappa shape index (κ3) is 2.53. The van der Waals surface area contributed by atoms with Gasteiger partial charge in [0.2, 0.25) is 0 Å². The van der Waals surface area contributed by atoms with Crippen LogP contribution in [0.15, 0.2) is 0 Å². The zero-order valence-electron chi connectivity index (χ0n) is 11.9. The Labute approximate surface area is 107 Å². The number of likely N-dealkylation sites (tertiary alicyclic amines) is 1. The first-order valence-corrected chi connectivity index (χ1v) is 7.53. The van der Waals surface area contributed by atoms with Gasteiger partial charge in [0.1, 0.15) is 0 Å². The molecule has 0 radical (unpaired) electrons. The van der Waals surface area contributed by atoms with Gasteiger partial charge in [-0.1, -0.05) is 20.8 Å². The molecule has 2 aliphatic rings. The van der Waals surface area contributed by atoms with Gasteiger partial charge in [-0.25, -0.2) is 0 Å². The average Bonchev–Trinajstić information content (AvgIpc) is 2.30. The van der Waals surface area contributed by atoms with E-state index < -0.39 is 0 Å². The molecule has 0 aromatic rings. The Kier molecular flexibility index (Phi) is 4.14. The van der Waals surface area contributed by atoms with E-state index >= 15 is 0 Å². The standard InChI is InChI=1S/C15H30N2/c1-12-6-7-15(11-16,14(3)9-12)17-8-4-5-13(2)10-17/h12-14H,4-11,16H2,1-3H3. The summed E-state index contributed by atoms with van der Waals surface area (Å²) in [5.41, 5.74) is 6.53. The molecule has 2 rings (SSSR count). The second-order valence-electron chi connectivity index (χ2n) is 6.78. The van der Waals surface area contributed by atoms with Gasteiger partial charge in [0.05, 0.1) is 0 Å². The Morgan fingerprint density at radius 3 is 2.53 bits per heavy atom. The Hall–Kier alpha value is -0.0800. The molecule has 100 valence electrons. The first kappa shape index (κ1) is 13.4. The van der Waals surface area contributed by atoms with Crippen molar-refractivity contribution < 1.29 is 0 Å². The summed E-state index contributed by atoms with van der Waals surface area (Å²) in [7, 11) is 0. The van der Waals surface area contributed by atoms with E-state index in [1.807, 2.05) is 0 Å². The number of nitrogens with two attached hydrogens (primary N) is 1. The van der Waals surface area contributed by atoms with Crippen LogP contribution in [0, 0.1) is 17.8 Å². The minimum atomic E-state index is 0.321. The molecule has 1 saturated carbocycles. The fraction of sp³-hybridized carbons (Fsp3) is 1.00. The van der Waals surface area contributed by atoms with Crippen molar-refractivity contribution in [3.05, 3.63) is 0 Å². The van der Waals surface area contributed by atoms with Crippen LogP contribution in [0.3, 0.4) is 0 Å². The highest BCUT2D eigenvalue weighted by Gasteiger charge is 2.44. The molecule has 2 fully saturated rings. The van der Waals surface area contributed by atoms with Gasteiger partial charge in [-0.15, -0.1) is 0 Å². The molecule has 1 aliphatic carbocycles. The minimum Gasteiger partial charge on any atom is -0.329 e. The van der Waals surface area contributed by atoms with Crippen molar-refractivity contribution in [2.75, 3.05) is 19.6 Å². The summed E-state index contributed by atoms with van der Waals surface area (Å²) in [6.45, 7) is 10.6. The smallest absolute Gasteiger partial charge is 0.0357 e. The van der Waals surface area contributed by atoms with E-state index in [9.17, 15) is 0 Å². The van der Waals surface area contributed by atoms with Crippen molar-refractivity contribution >= 4 is 0 Å². The maximum Gasteiger partial charge on any atom is 0.0357 e. The lowest BCUT2D eigenvalue weighted by molar-refractivity contribution is -0.0233. The largest absolute Gasteiger partial charge is 0.329 e. The summed E-state index contributed by atoms with van der Waals surface area (Å²) in [5, 5.41) is 0. The monoisotopic (exact) mass is 238 g/mol. The van der Waals surface area contributed by atoms with Gasteiger partial charge in [-0.05, 0) is 56.4 Å². The van der Waals surface area contributed by atoms with Gasteiger partial charge in [-0.3, -0.25) is 4.90 Å². The average molecular weight is 238 g/mol. The molecule has 4 unspecified atom stereocenters. The molecule has 1 saturated heterocycles. The van der Waals surface area contributed by atoms with Gasteiger partial charge in [0, 0.05) is 18.6 Å². The van der Waals surface area contributed by atoms with Crippen molar-refractivity contribution in [3.8, 4) is 0 Å². The molecule has 2 heteroatoms. The lowest BCUT2D eigenvalue weighted by atomic mass is 9.68. The lowest BCUT2D eigenvalue weighted by Gasteiger charge is -2.53. The molecular formula is C15H30N2. The number of nitrogens with zero attached hydrogens (tertiary/aromatic N) is 1. The third-order valence-electron chi connectivity index (χ3n) is 5.38. The summed E-state index contributed by atoms with van der Waals surface area (Å²) in [6.07, 6.45) is 6.82. The molecule has 17 heavy (non-hydrogen) atoms.